The topological polar surface area (TPSA) is 93.5 Å². The second kappa shape index (κ2) is 14.1. The van der Waals surface area contributed by atoms with Gasteiger partial charge in [-0.1, -0.05) is 49.7 Å². The van der Waals surface area contributed by atoms with E-state index in [2.05, 4.69) is 22.8 Å². The molecular weight excluding hydrogens is 506 g/mol. The molecule has 2 N–H and O–H groups in total. The highest BCUT2D eigenvalue weighted by molar-refractivity contribution is 5.79. The molecule has 2 aliphatic rings. The number of benzene rings is 2. The van der Waals surface area contributed by atoms with Gasteiger partial charge < -0.3 is 24.7 Å². The van der Waals surface area contributed by atoms with E-state index < -0.39 is 11.9 Å². The van der Waals surface area contributed by atoms with Crippen molar-refractivity contribution < 1.29 is 24.5 Å². The molecule has 0 aromatic heterocycles. The summed E-state index contributed by atoms with van der Waals surface area (Å²) >= 11 is 0. The van der Waals surface area contributed by atoms with E-state index in [4.69, 9.17) is 4.74 Å². The number of carboxylic acid groups (broad SMARTS) is 1. The molecule has 4 rings (SSSR count). The van der Waals surface area contributed by atoms with Gasteiger partial charge in [-0.3, -0.25) is 14.5 Å². The van der Waals surface area contributed by atoms with Crippen molar-refractivity contribution in [3.05, 3.63) is 64.7 Å². The second-order valence-corrected chi connectivity index (χ2v) is 11.5. The molecule has 8 nitrogen and oxygen atoms in total. The molecule has 1 saturated heterocycles. The number of likely N-dealkylation sites (tertiary alicyclic amines) is 1. The zero-order valence-corrected chi connectivity index (χ0v) is 24.2. The lowest BCUT2D eigenvalue weighted by atomic mass is 9.82. The first-order valence-electron chi connectivity index (χ1n) is 14.6. The van der Waals surface area contributed by atoms with E-state index in [0.29, 0.717) is 32.7 Å². The van der Waals surface area contributed by atoms with Crippen molar-refractivity contribution in [1.29, 1.82) is 0 Å². The van der Waals surface area contributed by atoms with Crippen molar-refractivity contribution in [3.63, 3.8) is 0 Å². The summed E-state index contributed by atoms with van der Waals surface area (Å²) in [6.45, 7) is 5.66. The number of aliphatic hydroxyl groups excluding tert-OH is 1. The molecule has 3 atom stereocenters. The van der Waals surface area contributed by atoms with Gasteiger partial charge in [0.25, 0.3) is 0 Å². The van der Waals surface area contributed by atoms with Gasteiger partial charge in [-0.05, 0) is 68.2 Å². The van der Waals surface area contributed by atoms with E-state index in [1.165, 1.54) is 0 Å². The number of rotatable bonds is 14. The Morgan fingerprint density at radius 2 is 1.80 bits per heavy atom. The molecule has 40 heavy (non-hydrogen) atoms. The van der Waals surface area contributed by atoms with Gasteiger partial charge in [-0.15, -0.1) is 0 Å². The zero-order chi connectivity index (χ0) is 28.6. The summed E-state index contributed by atoms with van der Waals surface area (Å²) in [4.78, 5) is 32.8. The highest BCUT2D eigenvalue weighted by Gasteiger charge is 2.47. The summed E-state index contributed by atoms with van der Waals surface area (Å²) in [5, 5.41) is 20.5. The number of carboxylic acids is 1. The SMILES string of the molecule is CCCCN(CCCN(C)C)C(=O)CN1C[C@H](c2ccc3c(c2)CCO3)[C@@H](C(=O)O)[C@@H]1Cc1ccccc1CO. The van der Waals surface area contributed by atoms with Crippen LogP contribution in [0, 0.1) is 5.92 Å². The summed E-state index contributed by atoms with van der Waals surface area (Å²) < 4.78 is 5.69. The third-order valence-corrected chi connectivity index (χ3v) is 8.40. The van der Waals surface area contributed by atoms with Gasteiger partial charge in [-0.2, -0.15) is 0 Å². The number of ether oxygens (including phenoxy) is 1. The summed E-state index contributed by atoms with van der Waals surface area (Å²) in [6.07, 6.45) is 4.13. The van der Waals surface area contributed by atoms with Gasteiger partial charge in [0.15, 0.2) is 0 Å². The molecule has 2 aromatic carbocycles. The van der Waals surface area contributed by atoms with Gasteiger partial charge in [0.1, 0.15) is 5.75 Å². The molecule has 2 heterocycles. The number of aliphatic hydroxyl groups is 1. The minimum absolute atomic E-state index is 0.0554. The summed E-state index contributed by atoms with van der Waals surface area (Å²) in [5.41, 5.74) is 3.82. The van der Waals surface area contributed by atoms with Crippen LogP contribution in [0.4, 0.5) is 0 Å². The van der Waals surface area contributed by atoms with Crippen LogP contribution in [0.15, 0.2) is 42.5 Å². The molecule has 218 valence electrons. The van der Waals surface area contributed by atoms with Crippen LogP contribution in [0.1, 0.15) is 54.4 Å². The number of fused-ring (bicyclic) bond motifs is 1. The fourth-order valence-electron chi connectivity index (χ4n) is 6.22. The molecule has 0 saturated carbocycles. The second-order valence-electron chi connectivity index (χ2n) is 11.5. The largest absolute Gasteiger partial charge is 0.493 e. The van der Waals surface area contributed by atoms with Crippen molar-refractivity contribution in [2.24, 2.45) is 5.92 Å². The Morgan fingerprint density at radius 1 is 1.05 bits per heavy atom. The summed E-state index contributed by atoms with van der Waals surface area (Å²) in [5.74, 6) is -0.853. The van der Waals surface area contributed by atoms with Crippen molar-refractivity contribution in [2.45, 2.75) is 57.6 Å². The van der Waals surface area contributed by atoms with Crippen molar-refractivity contribution in [2.75, 3.05) is 53.4 Å². The normalized spacial score (nSPS) is 20.5. The molecule has 0 bridgehead atoms. The van der Waals surface area contributed by atoms with Crippen LogP contribution in [0.5, 0.6) is 5.75 Å². The average molecular weight is 552 g/mol. The fourth-order valence-corrected chi connectivity index (χ4v) is 6.22. The number of hydrogen-bond acceptors (Lipinski definition) is 6. The van der Waals surface area contributed by atoms with E-state index in [1.807, 2.05) is 55.4 Å². The molecule has 2 aliphatic heterocycles. The van der Waals surface area contributed by atoms with E-state index in [-0.39, 0.29) is 31.0 Å². The molecule has 1 amide bonds. The first kappa shape index (κ1) is 30.0. The fraction of sp³-hybridized carbons (Fsp3) is 0.562. The number of nitrogens with zero attached hydrogens (tertiary/aromatic N) is 3. The number of unbranched alkanes of at least 4 members (excludes halogenated alkanes) is 1. The van der Waals surface area contributed by atoms with Crippen LogP contribution in [0.3, 0.4) is 0 Å². The highest BCUT2D eigenvalue weighted by atomic mass is 16.5. The maximum Gasteiger partial charge on any atom is 0.308 e. The Morgan fingerprint density at radius 3 is 2.50 bits per heavy atom. The maximum atomic E-state index is 13.7. The van der Waals surface area contributed by atoms with Crippen LogP contribution < -0.4 is 4.74 Å². The maximum absolute atomic E-state index is 13.7. The van der Waals surface area contributed by atoms with Crippen LogP contribution >= 0.6 is 0 Å². The lowest BCUT2D eigenvalue weighted by Gasteiger charge is -2.30. The Bertz CT molecular complexity index is 1150. The molecule has 8 heteroatoms. The quantitative estimate of drug-likeness (QED) is 0.372. The van der Waals surface area contributed by atoms with E-state index in [1.54, 1.807) is 0 Å². The standard InChI is InChI=1S/C32H45N3O5/c1-4-5-15-34(16-8-14-33(2)3)30(37)21-35-20-27(24-11-12-29-25(18-24)13-17-40-29)31(32(38)39)28(35)19-23-9-6-7-10-26(23)22-36/h6-7,9-12,18,27-28,31,36H,4-5,8,13-17,19-22H2,1-3H3,(H,38,39)/t27-,28+,31-/m1/s1. The summed E-state index contributed by atoms with van der Waals surface area (Å²) in [7, 11) is 4.07. The minimum atomic E-state index is -0.850. The molecule has 0 unspecified atom stereocenters. The first-order valence-corrected chi connectivity index (χ1v) is 14.6. The van der Waals surface area contributed by atoms with Crippen LogP contribution in [-0.2, 0) is 29.0 Å². The third kappa shape index (κ3) is 7.22. The van der Waals surface area contributed by atoms with Crippen LogP contribution in [0.2, 0.25) is 0 Å². The van der Waals surface area contributed by atoms with Gasteiger partial charge in [-0.25, -0.2) is 0 Å². The van der Waals surface area contributed by atoms with Crippen molar-refractivity contribution in [3.8, 4) is 5.75 Å². The highest BCUT2D eigenvalue weighted by Crippen LogP contribution is 2.41. The van der Waals surface area contributed by atoms with Crippen LogP contribution in [0.25, 0.3) is 0 Å². The van der Waals surface area contributed by atoms with E-state index in [9.17, 15) is 19.8 Å². The zero-order valence-electron chi connectivity index (χ0n) is 24.2. The number of hydrogen-bond donors (Lipinski definition) is 2. The monoisotopic (exact) mass is 551 g/mol. The Balaban J connectivity index is 1.63. The summed E-state index contributed by atoms with van der Waals surface area (Å²) in [6, 6.07) is 13.3. The smallest absolute Gasteiger partial charge is 0.308 e. The van der Waals surface area contributed by atoms with Gasteiger partial charge in [0.05, 0.1) is 25.7 Å². The molecule has 2 aromatic rings. The molecule has 0 spiro atoms. The first-order chi connectivity index (χ1) is 19.3. The predicted octanol–water partition coefficient (Wildman–Crippen LogP) is 3.41. The lowest BCUT2D eigenvalue weighted by molar-refractivity contribution is -0.143. The minimum Gasteiger partial charge on any atom is -0.493 e. The Kier molecular flexibility index (Phi) is 10.6. The lowest BCUT2D eigenvalue weighted by Crippen LogP contribution is -2.45. The number of amides is 1. The molecule has 0 aliphatic carbocycles. The average Bonchev–Trinajstić information content (AvgIpc) is 3.55. The van der Waals surface area contributed by atoms with Crippen LogP contribution in [-0.4, -0.2) is 96.3 Å². The van der Waals surface area contributed by atoms with E-state index in [0.717, 1.165) is 60.2 Å². The number of aliphatic carboxylic acids is 1. The van der Waals surface area contributed by atoms with Gasteiger partial charge in [0.2, 0.25) is 5.91 Å². The molecule has 1 fully saturated rings. The van der Waals surface area contributed by atoms with E-state index >= 15 is 0 Å². The van der Waals surface area contributed by atoms with Gasteiger partial charge >= 0.3 is 5.97 Å². The number of carbonyl (C=O) groups excluding carboxylic acids is 1. The molecule has 0 radical (unpaired) electrons. The molecular formula is C32H45N3O5. The number of carbonyl (C=O) groups is 2. The Labute approximate surface area is 238 Å². The van der Waals surface area contributed by atoms with Crippen molar-refractivity contribution in [1.82, 2.24) is 14.7 Å². The van der Waals surface area contributed by atoms with Crippen molar-refractivity contribution >= 4 is 11.9 Å². The Hall–Kier alpha value is -2.94. The predicted molar refractivity (Wildman–Crippen MR) is 156 cm³/mol. The van der Waals surface area contributed by atoms with Gasteiger partial charge in [0, 0.05) is 38.0 Å². The third-order valence-electron chi connectivity index (χ3n) is 8.40.